The van der Waals surface area contributed by atoms with Gasteiger partial charge in [-0.1, -0.05) is 19.9 Å². The van der Waals surface area contributed by atoms with Gasteiger partial charge in [0.2, 0.25) is 0 Å². The molecule has 2 rings (SSSR count). The lowest BCUT2D eigenvalue weighted by molar-refractivity contribution is 0.0895. The van der Waals surface area contributed by atoms with Crippen molar-refractivity contribution in [2.45, 2.75) is 32.2 Å². The summed E-state index contributed by atoms with van der Waals surface area (Å²) in [6.45, 7) is 4.55. The second-order valence-corrected chi connectivity index (χ2v) is 4.93. The first-order valence-corrected chi connectivity index (χ1v) is 6.74. The minimum absolute atomic E-state index is 0.0642. The Morgan fingerprint density at radius 1 is 1.32 bits per heavy atom. The molecule has 0 aliphatic carbocycles. The first kappa shape index (κ1) is 13.6. The van der Waals surface area contributed by atoms with Crippen LogP contribution in [0, 0.1) is 0 Å². The zero-order valence-corrected chi connectivity index (χ0v) is 11.5. The maximum absolute atomic E-state index is 12.3. The van der Waals surface area contributed by atoms with Gasteiger partial charge in [-0.2, -0.15) is 0 Å². The molecule has 2 aromatic rings. The highest BCUT2D eigenvalue weighted by Gasteiger charge is 2.26. The summed E-state index contributed by atoms with van der Waals surface area (Å²) in [5.74, 6) is -0.0642. The minimum atomic E-state index is -0.304. The van der Waals surface area contributed by atoms with Crippen LogP contribution in [0.15, 0.2) is 30.5 Å². The lowest BCUT2D eigenvalue weighted by atomic mass is 9.92. The summed E-state index contributed by atoms with van der Waals surface area (Å²) in [6.07, 6.45) is 3.53. The second-order valence-electron chi connectivity index (χ2n) is 4.93. The minimum Gasteiger partial charge on any atom is -0.361 e. The van der Waals surface area contributed by atoms with Gasteiger partial charge in [0.05, 0.1) is 5.54 Å². The summed E-state index contributed by atoms with van der Waals surface area (Å²) in [7, 11) is 0. The number of rotatable bonds is 5. The standard InChI is InChI=1S/C15H21N3O/c1-3-15(4-2,10-16)18-14(19)12-6-5-11-7-8-17-13(11)9-12/h5-9,17H,3-4,10,16H2,1-2H3,(H,18,19). The Morgan fingerprint density at radius 2 is 2.05 bits per heavy atom. The number of amides is 1. The summed E-state index contributed by atoms with van der Waals surface area (Å²) in [4.78, 5) is 15.4. The molecule has 1 aromatic heterocycles. The normalized spacial score (nSPS) is 11.7. The van der Waals surface area contributed by atoms with Gasteiger partial charge in [0.15, 0.2) is 0 Å². The molecule has 0 spiro atoms. The third-order valence-corrected chi connectivity index (χ3v) is 3.94. The molecule has 0 bridgehead atoms. The number of nitrogens with two attached hydrogens (primary N) is 1. The van der Waals surface area contributed by atoms with Crippen molar-refractivity contribution in [3.05, 3.63) is 36.0 Å². The molecule has 0 radical (unpaired) electrons. The van der Waals surface area contributed by atoms with E-state index in [1.54, 1.807) is 0 Å². The van der Waals surface area contributed by atoms with Crippen molar-refractivity contribution in [3.63, 3.8) is 0 Å². The van der Waals surface area contributed by atoms with Gasteiger partial charge in [-0.3, -0.25) is 4.79 Å². The first-order valence-electron chi connectivity index (χ1n) is 6.74. The molecule has 0 saturated heterocycles. The van der Waals surface area contributed by atoms with E-state index in [1.807, 2.05) is 44.3 Å². The molecule has 0 aliphatic heterocycles. The van der Waals surface area contributed by atoms with Crippen molar-refractivity contribution in [3.8, 4) is 0 Å². The van der Waals surface area contributed by atoms with Gasteiger partial charge in [-0.15, -0.1) is 0 Å². The number of aromatic amines is 1. The largest absolute Gasteiger partial charge is 0.361 e. The van der Waals surface area contributed by atoms with Crippen LogP contribution in [0.3, 0.4) is 0 Å². The number of carbonyl (C=O) groups is 1. The molecular weight excluding hydrogens is 238 g/mol. The monoisotopic (exact) mass is 259 g/mol. The van der Waals surface area contributed by atoms with Crippen LogP contribution < -0.4 is 11.1 Å². The molecule has 1 heterocycles. The molecule has 0 atom stereocenters. The Hall–Kier alpha value is -1.81. The van der Waals surface area contributed by atoms with Crippen LogP contribution in [0.2, 0.25) is 0 Å². The Kier molecular flexibility index (Phi) is 3.90. The van der Waals surface area contributed by atoms with E-state index in [0.717, 1.165) is 23.7 Å². The maximum Gasteiger partial charge on any atom is 0.251 e. The van der Waals surface area contributed by atoms with Crippen molar-refractivity contribution in [1.29, 1.82) is 0 Å². The zero-order valence-electron chi connectivity index (χ0n) is 11.5. The molecule has 0 aliphatic rings. The second kappa shape index (κ2) is 5.45. The number of carbonyl (C=O) groups excluding carboxylic acids is 1. The Balaban J connectivity index is 2.23. The number of benzene rings is 1. The summed E-state index contributed by atoms with van der Waals surface area (Å²) in [5.41, 5.74) is 7.14. The van der Waals surface area contributed by atoms with Crippen molar-refractivity contribution in [2.24, 2.45) is 5.73 Å². The third-order valence-electron chi connectivity index (χ3n) is 3.94. The van der Waals surface area contributed by atoms with Crippen LogP contribution in [-0.4, -0.2) is 23.0 Å². The Morgan fingerprint density at radius 3 is 2.68 bits per heavy atom. The van der Waals surface area contributed by atoms with E-state index >= 15 is 0 Å². The molecule has 0 saturated carbocycles. The fraction of sp³-hybridized carbons (Fsp3) is 0.400. The van der Waals surface area contributed by atoms with E-state index in [2.05, 4.69) is 10.3 Å². The van der Waals surface area contributed by atoms with Gasteiger partial charge in [-0.05, 0) is 36.4 Å². The highest BCUT2D eigenvalue weighted by atomic mass is 16.1. The van der Waals surface area contributed by atoms with Gasteiger partial charge in [0.1, 0.15) is 0 Å². The van der Waals surface area contributed by atoms with E-state index in [0.29, 0.717) is 12.1 Å². The van der Waals surface area contributed by atoms with E-state index in [9.17, 15) is 4.79 Å². The Labute approximate surface area is 113 Å². The SMILES string of the molecule is CCC(CC)(CN)NC(=O)c1ccc2cc[nH]c2c1. The number of nitrogens with one attached hydrogen (secondary N) is 2. The predicted octanol–water partition coefficient (Wildman–Crippen LogP) is 2.42. The number of H-pyrrole nitrogens is 1. The molecule has 4 nitrogen and oxygen atoms in total. The van der Waals surface area contributed by atoms with Crippen molar-refractivity contribution in [1.82, 2.24) is 10.3 Å². The molecule has 4 heteroatoms. The summed E-state index contributed by atoms with van der Waals surface area (Å²) in [6, 6.07) is 7.65. The maximum atomic E-state index is 12.3. The van der Waals surface area contributed by atoms with Gasteiger partial charge in [0.25, 0.3) is 5.91 Å². The number of hydrogen-bond acceptors (Lipinski definition) is 2. The summed E-state index contributed by atoms with van der Waals surface area (Å²) in [5, 5.41) is 4.18. The fourth-order valence-electron chi connectivity index (χ4n) is 2.27. The molecule has 0 unspecified atom stereocenters. The zero-order chi connectivity index (χ0) is 13.9. The quantitative estimate of drug-likeness (QED) is 0.771. The Bertz CT molecular complexity index is 561. The molecular formula is C15H21N3O. The molecule has 4 N–H and O–H groups in total. The van der Waals surface area contributed by atoms with E-state index in [1.165, 1.54) is 0 Å². The van der Waals surface area contributed by atoms with Crippen LogP contribution in [-0.2, 0) is 0 Å². The van der Waals surface area contributed by atoms with Gasteiger partial charge >= 0.3 is 0 Å². The lowest BCUT2D eigenvalue weighted by Gasteiger charge is -2.31. The molecule has 19 heavy (non-hydrogen) atoms. The van der Waals surface area contributed by atoms with Crippen LogP contribution in [0.1, 0.15) is 37.0 Å². The number of hydrogen-bond donors (Lipinski definition) is 3. The first-order chi connectivity index (χ1) is 9.14. The summed E-state index contributed by atoms with van der Waals surface area (Å²) >= 11 is 0. The van der Waals surface area contributed by atoms with Crippen LogP contribution in [0.25, 0.3) is 10.9 Å². The smallest absolute Gasteiger partial charge is 0.251 e. The van der Waals surface area contributed by atoms with Crippen molar-refractivity contribution >= 4 is 16.8 Å². The molecule has 0 fully saturated rings. The lowest BCUT2D eigenvalue weighted by Crippen LogP contribution is -2.52. The molecule has 102 valence electrons. The van der Waals surface area contributed by atoms with Gasteiger partial charge in [0, 0.05) is 23.8 Å². The number of fused-ring (bicyclic) bond motifs is 1. The molecule has 1 aromatic carbocycles. The average molecular weight is 259 g/mol. The van der Waals surface area contributed by atoms with E-state index in [4.69, 9.17) is 5.73 Å². The van der Waals surface area contributed by atoms with Gasteiger partial charge < -0.3 is 16.0 Å². The summed E-state index contributed by atoms with van der Waals surface area (Å²) < 4.78 is 0. The van der Waals surface area contributed by atoms with Gasteiger partial charge in [-0.25, -0.2) is 0 Å². The predicted molar refractivity (Wildman–Crippen MR) is 78.1 cm³/mol. The highest BCUT2D eigenvalue weighted by molar-refractivity contribution is 5.98. The van der Waals surface area contributed by atoms with Crippen molar-refractivity contribution < 1.29 is 4.79 Å². The van der Waals surface area contributed by atoms with E-state index < -0.39 is 0 Å². The van der Waals surface area contributed by atoms with Crippen LogP contribution in [0.5, 0.6) is 0 Å². The fourth-order valence-corrected chi connectivity index (χ4v) is 2.27. The van der Waals surface area contributed by atoms with Crippen LogP contribution >= 0.6 is 0 Å². The van der Waals surface area contributed by atoms with E-state index in [-0.39, 0.29) is 11.4 Å². The van der Waals surface area contributed by atoms with Crippen molar-refractivity contribution in [2.75, 3.05) is 6.54 Å². The molecule has 1 amide bonds. The third kappa shape index (κ3) is 2.63. The number of aromatic nitrogens is 1. The van der Waals surface area contributed by atoms with Crippen LogP contribution in [0.4, 0.5) is 0 Å². The highest BCUT2D eigenvalue weighted by Crippen LogP contribution is 2.17. The topological polar surface area (TPSA) is 70.9 Å². The average Bonchev–Trinajstić information content (AvgIpc) is 2.92.